The minimum atomic E-state index is -5.15. The molecule has 8 rings (SSSR count). The highest BCUT2D eigenvalue weighted by atomic mass is 32.2. The molecule has 0 saturated carbocycles. The molecule has 22 nitrogen and oxygen atoms in total. The van der Waals surface area contributed by atoms with Gasteiger partial charge in [0.15, 0.2) is 5.71 Å². The molecule has 5 aromatic carbocycles. The van der Waals surface area contributed by atoms with Crippen LogP contribution in [0.3, 0.4) is 0 Å². The normalized spacial score (nSPS) is 19.4. The van der Waals surface area contributed by atoms with E-state index in [4.69, 9.17) is 19.0 Å². The molecule has 1 fully saturated rings. The fourth-order valence-corrected chi connectivity index (χ4v) is 13.6. The number of nitrogens with zero attached hydrogens (tertiary/aromatic N) is 3. The first kappa shape index (κ1) is 61.4. The lowest BCUT2D eigenvalue weighted by atomic mass is 9.75. The van der Waals surface area contributed by atoms with Gasteiger partial charge in [-0.25, -0.2) is 13.2 Å². The molecule has 26 heteroatoms. The molecule has 2 amide bonds. The highest BCUT2D eigenvalue weighted by Gasteiger charge is 2.49. The van der Waals surface area contributed by atoms with Gasteiger partial charge in [0, 0.05) is 93.1 Å². The van der Waals surface area contributed by atoms with Crippen molar-refractivity contribution in [1.82, 2.24) is 5.06 Å². The van der Waals surface area contributed by atoms with Crippen molar-refractivity contribution in [2.24, 2.45) is 0 Å². The highest BCUT2D eigenvalue weighted by molar-refractivity contribution is 7.87. The highest BCUT2D eigenvalue weighted by Crippen LogP contribution is 2.54. The third-order valence-corrected chi connectivity index (χ3v) is 18.4. The standard InChI is InChI=1S/C56H61N3O19S4/c1-8-24-57-44-16-11-36-10-14-39(80(66,67)68)31-42(36)51(44)55(4,22-26-75-6)47(57)18-12-38(77-53-34(2)29-37(30-35(53)3)54(62)78-59-49(60)20-21-50(59)61)13-19-48-56(5,23-27-76-7)52-43-32-40(81(69,70)71)33-46(82(72,73)74)41(43)15-17-45(52)58(48)25-9-28-79(63,64)65/h10-19,29-33H,8-9,20-28H2,1-7H3,(H3-,63,64,65,66,67,68,69,70,71,72,73,74). The molecule has 0 spiro atoms. The Morgan fingerprint density at radius 3 is 1.98 bits per heavy atom. The van der Waals surface area contributed by atoms with Crippen molar-refractivity contribution < 1.29 is 89.9 Å². The van der Waals surface area contributed by atoms with E-state index in [0.717, 1.165) is 17.3 Å². The second-order valence-corrected chi connectivity index (χ2v) is 26.4. The zero-order chi connectivity index (χ0) is 60.1. The first-order valence-electron chi connectivity index (χ1n) is 25.8. The zero-order valence-electron chi connectivity index (χ0n) is 45.8. The van der Waals surface area contributed by atoms with Crippen LogP contribution in [0.2, 0.25) is 0 Å². The summed E-state index contributed by atoms with van der Waals surface area (Å²) in [5.41, 5.74) is 1.76. The Morgan fingerprint density at radius 2 is 1.39 bits per heavy atom. The zero-order valence-corrected chi connectivity index (χ0v) is 49.1. The van der Waals surface area contributed by atoms with E-state index in [-0.39, 0.29) is 73.3 Å². The molecular formula is C56H61N3O19S4. The number of carbonyl (C=O) groups is 3. The van der Waals surface area contributed by atoms with E-state index in [9.17, 15) is 66.3 Å². The quantitative estimate of drug-likeness (QED) is 0.0198. The van der Waals surface area contributed by atoms with Gasteiger partial charge in [-0.3, -0.25) is 23.2 Å². The van der Waals surface area contributed by atoms with Crippen molar-refractivity contribution >= 4 is 96.9 Å². The van der Waals surface area contributed by atoms with Crippen molar-refractivity contribution in [3.63, 3.8) is 0 Å². The second kappa shape index (κ2) is 23.1. The number of fused-ring (bicyclic) bond motifs is 6. The Kier molecular flexibility index (Phi) is 17.3. The number of hydrogen-bond acceptors (Lipinski definition) is 17. The molecule has 5 aromatic rings. The number of imide groups is 1. The maximum Gasteiger partial charge on any atom is 0.363 e. The van der Waals surface area contributed by atoms with Crippen molar-refractivity contribution in [3.05, 3.63) is 130 Å². The van der Waals surface area contributed by atoms with Crippen LogP contribution in [0.15, 0.2) is 117 Å². The average Bonchev–Trinajstić information content (AvgIpc) is 1.76. The summed E-state index contributed by atoms with van der Waals surface area (Å²) in [6.45, 7) is 9.66. The molecule has 0 aliphatic carbocycles. The van der Waals surface area contributed by atoms with Gasteiger partial charge in [0.2, 0.25) is 5.69 Å². The summed E-state index contributed by atoms with van der Waals surface area (Å²) >= 11 is 0. The van der Waals surface area contributed by atoms with Gasteiger partial charge in [-0.1, -0.05) is 19.1 Å². The summed E-state index contributed by atoms with van der Waals surface area (Å²) in [5.74, 6) is -2.65. The lowest BCUT2D eigenvalue weighted by Gasteiger charge is -2.30. The maximum absolute atomic E-state index is 13.5. The van der Waals surface area contributed by atoms with Gasteiger partial charge in [-0.15, -0.1) is 5.06 Å². The summed E-state index contributed by atoms with van der Waals surface area (Å²) in [7, 11) is -16.7. The lowest BCUT2D eigenvalue weighted by molar-refractivity contribution is -0.437. The van der Waals surface area contributed by atoms with Crippen LogP contribution in [0.1, 0.15) is 91.9 Å². The molecule has 438 valence electrons. The van der Waals surface area contributed by atoms with Crippen LogP contribution < -0.4 is 9.64 Å². The Morgan fingerprint density at radius 1 is 0.768 bits per heavy atom. The van der Waals surface area contributed by atoms with Crippen molar-refractivity contribution in [2.45, 2.75) is 98.7 Å². The third kappa shape index (κ3) is 12.2. The fourth-order valence-electron chi connectivity index (χ4n) is 11.3. The Balaban J connectivity index is 1.38. The van der Waals surface area contributed by atoms with Crippen molar-refractivity contribution in [2.75, 3.05) is 51.2 Å². The van der Waals surface area contributed by atoms with Gasteiger partial charge in [-0.2, -0.15) is 29.8 Å². The van der Waals surface area contributed by atoms with Gasteiger partial charge in [0.05, 0.1) is 26.5 Å². The second-order valence-electron chi connectivity index (χ2n) is 20.7. The van der Waals surface area contributed by atoms with Crippen LogP contribution in [-0.4, -0.2) is 131 Å². The van der Waals surface area contributed by atoms with Gasteiger partial charge in [0.25, 0.3) is 42.2 Å². The van der Waals surface area contributed by atoms with Crippen molar-refractivity contribution in [1.29, 1.82) is 0 Å². The molecule has 3 aliphatic rings. The summed E-state index contributed by atoms with van der Waals surface area (Å²) < 4.78 is 164. The first-order chi connectivity index (χ1) is 38.4. The smallest absolute Gasteiger partial charge is 0.363 e. The molecule has 2 unspecified atom stereocenters. The van der Waals surface area contributed by atoms with Crippen molar-refractivity contribution in [3.8, 4) is 5.75 Å². The molecule has 0 aromatic heterocycles. The molecule has 2 atom stereocenters. The molecule has 0 radical (unpaired) electrons. The summed E-state index contributed by atoms with van der Waals surface area (Å²) in [6, 6.07) is 15.4. The third-order valence-electron chi connectivity index (χ3n) is 15.0. The van der Waals surface area contributed by atoms with Gasteiger partial charge >= 0.3 is 5.97 Å². The van der Waals surface area contributed by atoms with Gasteiger partial charge in [0.1, 0.15) is 33.1 Å². The Labute approximate surface area is 475 Å². The van der Waals surface area contributed by atoms with E-state index < -0.39 is 89.5 Å². The number of hydroxylamine groups is 2. The SMILES string of the molecule is CCC[N+]1=C(/C=C/C(=C/C=C2/N(CCCS(=O)(=O)O)c3ccc4c(S(=O)(=O)O)cc(S(=O)(=O)O)cc4c3C2(C)CCOC)Oc2c(C)cc(C(=O)ON3C(=O)CCC3=O)cc2C)C(C)(CCOC)c2c1ccc1ccc(S(=O)(=O)[O-])cc21. The lowest BCUT2D eigenvalue weighted by Crippen LogP contribution is -2.33. The number of methoxy groups -OCH3 is 2. The number of hydrogen-bond donors (Lipinski definition) is 3. The predicted molar refractivity (Wildman–Crippen MR) is 300 cm³/mol. The van der Waals surface area contributed by atoms with Crippen LogP contribution in [0, 0.1) is 13.8 Å². The van der Waals surface area contributed by atoms with Crippen LogP contribution >= 0.6 is 0 Å². The average molecular weight is 1210 g/mol. The van der Waals surface area contributed by atoms with Crippen LogP contribution in [-0.2, 0) is 75.2 Å². The molecule has 3 aliphatic heterocycles. The first-order valence-corrected chi connectivity index (χ1v) is 31.7. The molecule has 3 N–H and O–H groups in total. The Hall–Kier alpha value is -6.72. The maximum atomic E-state index is 13.5. The number of anilines is 1. The number of ether oxygens (including phenoxy) is 3. The number of carbonyl (C=O) groups excluding carboxylic acids is 3. The number of amides is 2. The van der Waals surface area contributed by atoms with E-state index in [1.54, 1.807) is 57.1 Å². The fraction of sp³-hybridized carbons (Fsp3) is 0.357. The molecule has 0 bridgehead atoms. The van der Waals surface area contributed by atoms with Crippen LogP contribution in [0.4, 0.5) is 11.4 Å². The molecular weight excluding hydrogens is 1150 g/mol. The van der Waals surface area contributed by atoms with E-state index in [1.807, 2.05) is 32.1 Å². The number of benzene rings is 5. The molecule has 3 heterocycles. The number of allylic oxidation sites excluding steroid dienone is 5. The topological polar surface area (TPSA) is 318 Å². The predicted octanol–water partition coefficient (Wildman–Crippen LogP) is 7.53. The molecule has 82 heavy (non-hydrogen) atoms. The number of rotatable bonds is 22. The minimum absolute atomic E-state index is 0.0123. The van der Waals surface area contributed by atoms with E-state index in [1.165, 1.54) is 43.5 Å². The largest absolute Gasteiger partial charge is 0.744 e. The minimum Gasteiger partial charge on any atom is -0.744 e. The number of aryl methyl sites for hydroxylation is 2. The van der Waals surface area contributed by atoms with E-state index >= 15 is 0 Å². The summed E-state index contributed by atoms with van der Waals surface area (Å²) in [6.07, 6.45) is 7.46. The summed E-state index contributed by atoms with van der Waals surface area (Å²) in [4.78, 5) is 43.0. The summed E-state index contributed by atoms with van der Waals surface area (Å²) in [5, 5.41) is 1.51. The van der Waals surface area contributed by atoms with E-state index in [2.05, 4.69) is 4.58 Å². The van der Waals surface area contributed by atoms with Gasteiger partial charge in [-0.05, 0) is 147 Å². The van der Waals surface area contributed by atoms with Crippen LogP contribution in [0.25, 0.3) is 21.5 Å². The van der Waals surface area contributed by atoms with Crippen LogP contribution in [0.5, 0.6) is 5.75 Å². The van der Waals surface area contributed by atoms with E-state index in [0.29, 0.717) is 75.1 Å². The van der Waals surface area contributed by atoms with Gasteiger partial charge < -0.3 is 28.5 Å². The monoisotopic (exact) mass is 1210 g/mol. The Bertz CT molecular complexity index is 4060. The molecule has 1 saturated heterocycles.